The van der Waals surface area contributed by atoms with Crippen molar-refractivity contribution in [3.8, 4) is 0 Å². The molecule has 2 amide bonds. The second-order valence-electron chi connectivity index (χ2n) is 8.86. The Hall–Kier alpha value is -1.42. The molecule has 0 aliphatic carbocycles. The molecule has 0 aliphatic rings. The van der Waals surface area contributed by atoms with Crippen molar-refractivity contribution in [1.82, 2.24) is 10.6 Å². The van der Waals surface area contributed by atoms with Gasteiger partial charge < -0.3 is 55.3 Å². The van der Waals surface area contributed by atoms with E-state index in [1.165, 1.54) is 0 Å². The molecule has 0 aromatic carbocycles. The summed E-state index contributed by atoms with van der Waals surface area (Å²) in [5.41, 5.74) is 11.3. The average Bonchev–Trinajstić information content (AvgIpc) is 2.95. The fourth-order valence-electron chi connectivity index (χ4n) is 3.16. The van der Waals surface area contributed by atoms with E-state index >= 15 is 0 Å². The van der Waals surface area contributed by atoms with Crippen LogP contribution in [0.25, 0.3) is 0 Å². The molecule has 0 unspecified atom stereocenters. The summed E-state index contributed by atoms with van der Waals surface area (Å²) < 4.78 is 37.7. The van der Waals surface area contributed by atoms with Gasteiger partial charge in [-0.25, -0.2) is 0 Å². The molecule has 0 bridgehead atoms. The number of nitrogens with two attached hydrogens (primary N) is 2. The summed E-state index contributed by atoms with van der Waals surface area (Å²) in [6.07, 6.45) is 4.15. The molecule has 1 atom stereocenters. The molecule has 0 heterocycles. The summed E-state index contributed by atoms with van der Waals surface area (Å²) in [5.74, 6) is -0.173. The third-order valence-corrected chi connectivity index (χ3v) is 5.40. The van der Waals surface area contributed by atoms with Gasteiger partial charge in [0.05, 0.1) is 78.7 Å². The van der Waals surface area contributed by atoms with Crippen molar-refractivity contribution in [3.05, 3.63) is 0 Å². The van der Waals surface area contributed by atoms with Gasteiger partial charge >= 0.3 is 0 Å². The maximum atomic E-state index is 11.8. The van der Waals surface area contributed by atoms with Gasteiger partial charge in [0.15, 0.2) is 0 Å². The van der Waals surface area contributed by atoms with Crippen molar-refractivity contribution in [1.29, 1.82) is 0 Å². The summed E-state index contributed by atoms with van der Waals surface area (Å²) in [6, 6.07) is -0.475. The Balaban J connectivity index is 3.24. The Kier molecular flexibility index (Phi) is 31.0. The average molecular weight is 581 g/mol. The van der Waals surface area contributed by atoms with Crippen molar-refractivity contribution in [2.75, 3.05) is 112 Å². The van der Waals surface area contributed by atoms with Crippen molar-refractivity contribution in [3.63, 3.8) is 0 Å². The fraction of sp³-hybridized carbons (Fsp3) is 0.926. The molecule has 13 nitrogen and oxygen atoms in total. The van der Waals surface area contributed by atoms with Gasteiger partial charge in [-0.15, -0.1) is 0 Å². The molecule has 40 heavy (non-hydrogen) atoms. The number of hydrogen-bond donors (Lipinski definition) is 4. The van der Waals surface area contributed by atoms with E-state index in [-0.39, 0.29) is 11.8 Å². The Morgan fingerprint density at radius 3 is 1.55 bits per heavy atom. The lowest BCUT2D eigenvalue weighted by Gasteiger charge is -2.12. The van der Waals surface area contributed by atoms with Crippen LogP contribution in [0.2, 0.25) is 0 Å². The highest BCUT2D eigenvalue weighted by Gasteiger charge is 2.11. The Labute approximate surface area is 240 Å². The number of hydrogen-bond acceptors (Lipinski definition) is 11. The van der Waals surface area contributed by atoms with Crippen LogP contribution in [-0.4, -0.2) is 130 Å². The highest BCUT2D eigenvalue weighted by molar-refractivity contribution is 5.81. The van der Waals surface area contributed by atoms with Gasteiger partial charge in [-0.2, -0.15) is 0 Å². The highest BCUT2D eigenvalue weighted by atomic mass is 16.6. The second-order valence-corrected chi connectivity index (χ2v) is 8.86. The zero-order valence-corrected chi connectivity index (χ0v) is 24.7. The Bertz CT molecular complexity index is 562. The third kappa shape index (κ3) is 29.6. The van der Waals surface area contributed by atoms with Crippen molar-refractivity contribution in [2.45, 2.75) is 51.5 Å². The number of rotatable bonds is 32. The van der Waals surface area contributed by atoms with Crippen LogP contribution in [0.5, 0.6) is 0 Å². The lowest BCUT2D eigenvalue weighted by atomic mass is 10.1. The lowest BCUT2D eigenvalue weighted by Crippen LogP contribution is -2.41. The molecular formula is C27H56N4O9. The summed E-state index contributed by atoms with van der Waals surface area (Å²) in [6.45, 7) is 10.9. The first kappa shape index (κ1) is 38.6. The highest BCUT2D eigenvalue weighted by Crippen LogP contribution is 1.98. The molecule has 238 valence electrons. The van der Waals surface area contributed by atoms with E-state index in [1.54, 1.807) is 0 Å². The summed E-state index contributed by atoms with van der Waals surface area (Å²) in [5, 5.41) is 5.66. The monoisotopic (exact) mass is 580 g/mol. The number of nitrogens with one attached hydrogen (secondary N) is 2. The van der Waals surface area contributed by atoms with E-state index in [4.69, 9.17) is 44.6 Å². The molecule has 0 aromatic rings. The summed E-state index contributed by atoms with van der Waals surface area (Å²) in [4.78, 5) is 23.6. The van der Waals surface area contributed by atoms with E-state index < -0.39 is 6.04 Å². The molecule has 0 aromatic heterocycles. The molecule has 0 saturated carbocycles. The van der Waals surface area contributed by atoms with E-state index in [0.29, 0.717) is 125 Å². The zero-order chi connectivity index (χ0) is 29.4. The molecular weight excluding hydrogens is 524 g/mol. The van der Waals surface area contributed by atoms with Gasteiger partial charge in [-0.3, -0.25) is 9.59 Å². The quantitative estimate of drug-likeness (QED) is 0.0787. The summed E-state index contributed by atoms with van der Waals surface area (Å²) >= 11 is 0. The zero-order valence-electron chi connectivity index (χ0n) is 24.7. The smallest absolute Gasteiger partial charge is 0.236 e. The van der Waals surface area contributed by atoms with Crippen LogP contribution in [0.15, 0.2) is 0 Å². The van der Waals surface area contributed by atoms with Gasteiger partial charge in [0.25, 0.3) is 0 Å². The molecule has 13 heteroatoms. The molecule has 0 fully saturated rings. The second kappa shape index (κ2) is 32.1. The van der Waals surface area contributed by atoms with E-state index in [9.17, 15) is 9.59 Å². The van der Waals surface area contributed by atoms with Gasteiger partial charge in [0, 0.05) is 39.3 Å². The first-order valence-corrected chi connectivity index (χ1v) is 14.7. The maximum absolute atomic E-state index is 11.8. The predicted octanol–water partition coefficient (Wildman–Crippen LogP) is -0.0185. The van der Waals surface area contributed by atoms with Crippen LogP contribution in [0, 0.1) is 0 Å². The molecule has 0 radical (unpaired) electrons. The van der Waals surface area contributed by atoms with Gasteiger partial charge in [0.1, 0.15) is 0 Å². The predicted molar refractivity (Wildman–Crippen MR) is 152 cm³/mol. The van der Waals surface area contributed by atoms with Crippen LogP contribution in [0.4, 0.5) is 0 Å². The first-order chi connectivity index (χ1) is 19.6. The van der Waals surface area contributed by atoms with Crippen molar-refractivity contribution < 1.29 is 42.7 Å². The van der Waals surface area contributed by atoms with Gasteiger partial charge in [-0.05, 0) is 39.2 Å². The van der Waals surface area contributed by atoms with Gasteiger partial charge in [-0.1, -0.05) is 6.42 Å². The molecule has 0 rings (SSSR count). The van der Waals surface area contributed by atoms with Gasteiger partial charge in [0.2, 0.25) is 11.8 Å². The Morgan fingerprint density at radius 2 is 1.05 bits per heavy atom. The van der Waals surface area contributed by atoms with Crippen molar-refractivity contribution in [2.24, 2.45) is 11.5 Å². The Morgan fingerprint density at radius 1 is 0.600 bits per heavy atom. The van der Waals surface area contributed by atoms with E-state index in [1.807, 2.05) is 6.92 Å². The normalized spacial score (nSPS) is 12.0. The minimum absolute atomic E-state index is 0.0452. The lowest BCUT2D eigenvalue weighted by molar-refractivity contribution is -0.123. The SMILES string of the molecule is CCOCCOCCOCCOCCC(=O)NCCCOCCOCCOCCCNC(=O)[C@@H](N)CCCCN. The number of carbonyl (C=O) groups is 2. The van der Waals surface area contributed by atoms with Crippen molar-refractivity contribution >= 4 is 11.8 Å². The van der Waals surface area contributed by atoms with E-state index in [2.05, 4.69) is 10.6 Å². The fourth-order valence-corrected chi connectivity index (χ4v) is 3.16. The topological polar surface area (TPSA) is 175 Å². The number of amides is 2. The minimum atomic E-state index is -0.475. The standard InChI is InChI=1S/C27H56N4O9/c1-2-34-15-16-38-23-24-40-22-19-37-14-8-26(32)30-10-5-12-35-17-20-39-21-18-36-13-6-11-31-27(33)25(29)7-3-4-9-28/h25H,2-24,28-29H2,1H3,(H,30,32)(H,31,33)/t25-/m0/s1. The van der Waals surface area contributed by atoms with Crippen LogP contribution < -0.4 is 22.1 Å². The first-order valence-electron chi connectivity index (χ1n) is 14.7. The molecule has 0 aliphatic heterocycles. The van der Waals surface area contributed by atoms with Crippen LogP contribution in [-0.2, 0) is 42.7 Å². The number of unbranched alkanes of at least 4 members (excludes halogenated alkanes) is 1. The van der Waals surface area contributed by atoms with Crippen LogP contribution >= 0.6 is 0 Å². The molecule has 0 spiro atoms. The molecule has 6 N–H and O–H groups in total. The van der Waals surface area contributed by atoms with Crippen LogP contribution in [0.3, 0.4) is 0 Å². The minimum Gasteiger partial charge on any atom is -0.379 e. The number of ether oxygens (including phenoxy) is 7. The van der Waals surface area contributed by atoms with Crippen LogP contribution in [0.1, 0.15) is 45.4 Å². The number of carbonyl (C=O) groups excluding carboxylic acids is 2. The maximum Gasteiger partial charge on any atom is 0.236 e. The third-order valence-electron chi connectivity index (χ3n) is 5.40. The van der Waals surface area contributed by atoms with E-state index in [0.717, 1.165) is 25.7 Å². The molecule has 0 saturated heterocycles. The largest absolute Gasteiger partial charge is 0.379 e. The summed E-state index contributed by atoms with van der Waals surface area (Å²) in [7, 11) is 0.